The third-order valence-electron chi connectivity index (χ3n) is 3.99. The van der Waals surface area contributed by atoms with Gasteiger partial charge in [0.05, 0.1) is 14.2 Å². The SMILES string of the molecule is COc1ccc(CN(C)Cc2cc(=O)n(C)c(=O)n2C)c(OC)c1. The number of hydrogen-bond donors (Lipinski definition) is 0. The highest BCUT2D eigenvalue weighted by molar-refractivity contribution is 5.40. The summed E-state index contributed by atoms with van der Waals surface area (Å²) in [7, 11) is 8.28. The van der Waals surface area contributed by atoms with Crippen LogP contribution >= 0.6 is 0 Å². The van der Waals surface area contributed by atoms with Crippen LogP contribution in [0.25, 0.3) is 0 Å². The summed E-state index contributed by atoms with van der Waals surface area (Å²) >= 11 is 0. The molecule has 0 spiro atoms. The molecule has 0 atom stereocenters. The average molecular weight is 333 g/mol. The highest BCUT2D eigenvalue weighted by Gasteiger charge is 2.11. The predicted molar refractivity (Wildman–Crippen MR) is 91.6 cm³/mol. The number of methoxy groups -OCH3 is 2. The van der Waals surface area contributed by atoms with E-state index in [1.54, 1.807) is 21.3 Å². The number of aromatic nitrogens is 2. The lowest BCUT2D eigenvalue weighted by molar-refractivity contribution is 0.300. The third-order valence-corrected chi connectivity index (χ3v) is 3.99. The molecule has 0 saturated heterocycles. The monoisotopic (exact) mass is 333 g/mol. The van der Waals surface area contributed by atoms with E-state index in [4.69, 9.17) is 9.47 Å². The molecular weight excluding hydrogens is 310 g/mol. The Balaban J connectivity index is 2.22. The Hall–Kier alpha value is -2.54. The van der Waals surface area contributed by atoms with E-state index in [1.807, 2.05) is 30.1 Å². The molecule has 2 aromatic rings. The van der Waals surface area contributed by atoms with Gasteiger partial charge in [-0.3, -0.25) is 18.8 Å². The molecule has 2 rings (SSSR count). The lowest BCUT2D eigenvalue weighted by Crippen LogP contribution is -2.39. The topological polar surface area (TPSA) is 65.7 Å². The molecule has 0 unspecified atom stereocenters. The number of benzene rings is 1. The van der Waals surface area contributed by atoms with E-state index in [0.29, 0.717) is 18.8 Å². The van der Waals surface area contributed by atoms with E-state index in [2.05, 4.69) is 0 Å². The standard InChI is InChI=1S/C17H23N3O4/c1-18(10-12-6-7-14(23-4)9-15(12)24-5)11-13-8-16(21)20(3)17(22)19(13)2/h6-9H,10-11H2,1-5H3. The van der Waals surface area contributed by atoms with Crippen LogP contribution in [0, 0.1) is 0 Å². The minimum Gasteiger partial charge on any atom is -0.497 e. The van der Waals surface area contributed by atoms with Gasteiger partial charge in [0.25, 0.3) is 5.56 Å². The number of nitrogens with zero attached hydrogens (tertiary/aromatic N) is 3. The third kappa shape index (κ3) is 3.68. The molecular formula is C17H23N3O4. The minimum atomic E-state index is -0.326. The quantitative estimate of drug-likeness (QED) is 0.780. The first-order chi connectivity index (χ1) is 11.4. The van der Waals surface area contributed by atoms with Gasteiger partial charge in [0, 0.05) is 50.6 Å². The molecule has 0 aliphatic heterocycles. The lowest BCUT2D eigenvalue weighted by Gasteiger charge is -2.20. The Bertz CT molecular complexity index is 839. The van der Waals surface area contributed by atoms with Crippen molar-refractivity contribution in [1.29, 1.82) is 0 Å². The molecule has 1 heterocycles. The summed E-state index contributed by atoms with van der Waals surface area (Å²) in [6.45, 7) is 1.08. The highest BCUT2D eigenvalue weighted by atomic mass is 16.5. The number of hydrogen-bond acceptors (Lipinski definition) is 5. The van der Waals surface area contributed by atoms with Gasteiger partial charge in [0.1, 0.15) is 11.5 Å². The Morgan fingerprint density at radius 1 is 1.00 bits per heavy atom. The molecule has 130 valence electrons. The Labute approximate surface area is 140 Å². The second-order valence-electron chi connectivity index (χ2n) is 5.72. The molecule has 0 N–H and O–H groups in total. The molecule has 0 bridgehead atoms. The van der Waals surface area contributed by atoms with Gasteiger partial charge in [-0.2, -0.15) is 0 Å². The van der Waals surface area contributed by atoms with Crippen LogP contribution in [0.2, 0.25) is 0 Å². The van der Waals surface area contributed by atoms with Crippen LogP contribution in [-0.4, -0.2) is 35.3 Å². The fraction of sp³-hybridized carbons (Fsp3) is 0.412. The Morgan fingerprint density at radius 2 is 1.71 bits per heavy atom. The van der Waals surface area contributed by atoms with Crippen LogP contribution in [0.4, 0.5) is 0 Å². The van der Waals surface area contributed by atoms with Crippen LogP contribution in [0.1, 0.15) is 11.3 Å². The van der Waals surface area contributed by atoms with Crippen molar-refractivity contribution >= 4 is 0 Å². The van der Waals surface area contributed by atoms with Crippen LogP contribution in [0.3, 0.4) is 0 Å². The zero-order chi connectivity index (χ0) is 17.9. The molecule has 0 amide bonds. The fourth-order valence-electron chi connectivity index (χ4n) is 2.54. The van der Waals surface area contributed by atoms with E-state index in [-0.39, 0.29) is 11.2 Å². The lowest BCUT2D eigenvalue weighted by atomic mass is 10.1. The second-order valence-corrected chi connectivity index (χ2v) is 5.72. The van der Waals surface area contributed by atoms with E-state index >= 15 is 0 Å². The number of ether oxygens (including phenoxy) is 2. The second kappa shape index (κ2) is 7.35. The molecule has 0 saturated carbocycles. The van der Waals surface area contributed by atoms with E-state index in [9.17, 15) is 9.59 Å². The van der Waals surface area contributed by atoms with Crippen LogP contribution in [0.5, 0.6) is 11.5 Å². The van der Waals surface area contributed by atoms with Gasteiger partial charge >= 0.3 is 5.69 Å². The van der Waals surface area contributed by atoms with Crippen molar-refractivity contribution < 1.29 is 9.47 Å². The zero-order valence-corrected chi connectivity index (χ0v) is 14.7. The summed E-state index contributed by atoms with van der Waals surface area (Å²) in [5, 5.41) is 0. The first-order valence-electron chi connectivity index (χ1n) is 7.52. The average Bonchev–Trinajstić information content (AvgIpc) is 2.58. The summed E-state index contributed by atoms with van der Waals surface area (Å²) in [4.78, 5) is 25.8. The van der Waals surface area contributed by atoms with Crippen LogP contribution in [0.15, 0.2) is 33.9 Å². The summed E-state index contributed by atoms with van der Waals surface area (Å²) in [5.41, 5.74) is 1.03. The molecule has 0 aliphatic carbocycles. The van der Waals surface area contributed by atoms with E-state index < -0.39 is 0 Å². The fourth-order valence-corrected chi connectivity index (χ4v) is 2.54. The molecule has 7 nitrogen and oxygen atoms in total. The molecule has 0 radical (unpaired) electrons. The first-order valence-corrected chi connectivity index (χ1v) is 7.52. The minimum absolute atomic E-state index is 0.302. The zero-order valence-electron chi connectivity index (χ0n) is 14.7. The summed E-state index contributed by atoms with van der Waals surface area (Å²) in [5.74, 6) is 1.46. The van der Waals surface area contributed by atoms with Gasteiger partial charge in [0.2, 0.25) is 0 Å². The molecule has 7 heteroatoms. The maximum absolute atomic E-state index is 12.0. The van der Waals surface area contributed by atoms with Crippen molar-refractivity contribution in [3.63, 3.8) is 0 Å². The van der Waals surface area contributed by atoms with Gasteiger partial charge in [-0.05, 0) is 13.1 Å². The van der Waals surface area contributed by atoms with Crippen molar-refractivity contribution in [2.75, 3.05) is 21.3 Å². The number of rotatable bonds is 6. The van der Waals surface area contributed by atoms with Gasteiger partial charge in [0.15, 0.2) is 0 Å². The van der Waals surface area contributed by atoms with Crippen molar-refractivity contribution in [3.8, 4) is 11.5 Å². The molecule has 0 fully saturated rings. The van der Waals surface area contributed by atoms with Crippen LogP contribution < -0.4 is 20.7 Å². The summed E-state index contributed by atoms with van der Waals surface area (Å²) < 4.78 is 13.2. The van der Waals surface area contributed by atoms with Crippen LogP contribution in [-0.2, 0) is 27.2 Å². The Morgan fingerprint density at radius 3 is 2.33 bits per heavy atom. The summed E-state index contributed by atoms with van der Waals surface area (Å²) in [6.07, 6.45) is 0. The molecule has 1 aromatic carbocycles. The van der Waals surface area contributed by atoms with Crippen molar-refractivity contribution in [2.45, 2.75) is 13.1 Å². The van der Waals surface area contributed by atoms with Gasteiger partial charge in [-0.15, -0.1) is 0 Å². The van der Waals surface area contributed by atoms with Crippen molar-refractivity contribution in [2.24, 2.45) is 14.1 Å². The smallest absolute Gasteiger partial charge is 0.330 e. The molecule has 1 aromatic heterocycles. The van der Waals surface area contributed by atoms with Gasteiger partial charge < -0.3 is 9.47 Å². The van der Waals surface area contributed by atoms with Gasteiger partial charge in [-0.25, -0.2) is 4.79 Å². The normalized spacial score (nSPS) is 10.9. The summed E-state index contributed by atoms with van der Waals surface area (Å²) in [6, 6.07) is 7.14. The van der Waals surface area contributed by atoms with E-state index in [1.165, 1.54) is 17.7 Å². The molecule has 24 heavy (non-hydrogen) atoms. The maximum atomic E-state index is 12.0. The maximum Gasteiger partial charge on any atom is 0.330 e. The largest absolute Gasteiger partial charge is 0.497 e. The molecule has 0 aliphatic rings. The van der Waals surface area contributed by atoms with Crippen molar-refractivity contribution in [3.05, 3.63) is 56.4 Å². The van der Waals surface area contributed by atoms with E-state index in [0.717, 1.165) is 21.6 Å². The predicted octanol–water partition coefficient (Wildman–Crippen LogP) is 0.733. The Kier molecular flexibility index (Phi) is 5.46. The van der Waals surface area contributed by atoms with Gasteiger partial charge in [-0.1, -0.05) is 6.07 Å². The van der Waals surface area contributed by atoms with Crippen molar-refractivity contribution in [1.82, 2.24) is 14.0 Å². The highest BCUT2D eigenvalue weighted by Crippen LogP contribution is 2.25. The first kappa shape index (κ1) is 17.8.